The van der Waals surface area contributed by atoms with E-state index in [1.165, 1.54) is 48.2 Å². The minimum Gasteiger partial charge on any atom is -0.506 e. The van der Waals surface area contributed by atoms with Gasteiger partial charge in [-0.2, -0.15) is 0 Å². The van der Waals surface area contributed by atoms with Crippen LogP contribution in [0.4, 0.5) is 10.8 Å². The standard InChI is InChI=1S/C17H20N4O4S2/c1-10(22)19-13-7-11(4-5-14(13)23)15(24)9-26-17-21-20-16(27-17)18-8-12-3-2-6-25-12/h4-5,7,12,23H,2-3,6,8-9H2,1H3,(H,18,20)(H,19,22)/t12-/m1/s1. The number of nitrogens with one attached hydrogen (secondary N) is 2. The Morgan fingerprint density at radius 3 is 3.00 bits per heavy atom. The van der Waals surface area contributed by atoms with E-state index in [1.54, 1.807) is 0 Å². The van der Waals surface area contributed by atoms with Crippen LogP contribution in [-0.4, -0.2) is 52.0 Å². The number of rotatable bonds is 8. The molecule has 1 aromatic carbocycles. The van der Waals surface area contributed by atoms with E-state index in [4.69, 9.17) is 4.74 Å². The van der Waals surface area contributed by atoms with Crippen LogP contribution >= 0.6 is 23.1 Å². The van der Waals surface area contributed by atoms with Gasteiger partial charge in [0.2, 0.25) is 11.0 Å². The molecule has 0 radical (unpaired) electrons. The number of aromatic hydroxyl groups is 1. The third-order valence-corrected chi connectivity index (χ3v) is 5.88. The lowest BCUT2D eigenvalue weighted by molar-refractivity contribution is -0.114. The normalized spacial score (nSPS) is 16.3. The summed E-state index contributed by atoms with van der Waals surface area (Å²) in [6.07, 6.45) is 2.36. The maximum atomic E-state index is 12.4. The van der Waals surface area contributed by atoms with Crippen molar-refractivity contribution in [2.75, 3.05) is 29.5 Å². The number of ether oxygens (including phenoxy) is 1. The van der Waals surface area contributed by atoms with Crippen molar-refractivity contribution >= 4 is 45.6 Å². The van der Waals surface area contributed by atoms with Crippen LogP contribution in [0.1, 0.15) is 30.1 Å². The zero-order valence-electron chi connectivity index (χ0n) is 14.7. The molecule has 1 amide bonds. The van der Waals surface area contributed by atoms with E-state index in [-0.39, 0.29) is 35.0 Å². The second-order valence-electron chi connectivity index (χ2n) is 6.01. The third kappa shape index (κ3) is 5.65. The van der Waals surface area contributed by atoms with E-state index in [0.717, 1.165) is 19.4 Å². The van der Waals surface area contributed by atoms with Gasteiger partial charge in [-0.15, -0.1) is 10.2 Å². The molecule has 2 heterocycles. The molecule has 8 nitrogen and oxygen atoms in total. The van der Waals surface area contributed by atoms with Crippen LogP contribution in [0.3, 0.4) is 0 Å². The van der Waals surface area contributed by atoms with Crippen LogP contribution < -0.4 is 10.6 Å². The van der Waals surface area contributed by atoms with Crippen molar-refractivity contribution in [2.45, 2.75) is 30.2 Å². The molecular formula is C17H20N4O4S2. The number of nitrogens with zero attached hydrogens (tertiary/aromatic N) is 2. The Balaban J connectivity index is 1.52. The Morgan fingerprint density at radius 2 is 2.26 bits per heavy atom. The molecule has 1 atom stereocenters. The summed E-state index contributed by atoms with van der Waals surface area (Å²) in [7, 11) is 0. The molecule has 10 heteroatoms. The van der Waals surface area contributed by atoms with Crippen LogP contribution in [0.25, 0.3) is 0 Å². The maximum Gasteiger partial charge on any atom is 0.221 e. The number of hydrogen-bond acceptors (Lipinski definition) is 9. The van der Waals surface area contributed by atoms with Crippen molar-refractivity contribution in [3.63, 3.8) is 0 Å². The first-order valence-corrected chi connectivity index (χ1v) is 10.3. The average molecular weight is 409 g/mol. The van der Waals surface area contributed by atoms with Crippen LogP contribution in [-0.2, 0) is 9.53 Å². The van der Waals surface area contributed by atoms with E-state index in [0.29, 0.717) is 21.6 Å². The molecule has 1 aliphatic heterocycles. The molecular weight excluding hydrogens is 388 g/mol. The fourth-order valence-electron chi connectivity index (χ4n) is 2.56. The second kappa shape index (κ2) is 9.16. The Kier molecular flexibility index (Phi) is 6.64. The van der Waals surface area contributed by atoms with Gasteiger partial charge < -0.3 is 20.5 Å². The molecule has 0 aliphatic carbocycles. The Bertz CT molecular complexity index is 821. The molecule has 3 N–H and O–H groups in total. The minimum atomic E-state index is -0.318. The highest BCUT2D eigenvalue weighted by Crippen LogP contribution is 2.28. The van der Waals surface area contributed by atoms with Gasteiger partial charge in [0.05, 0.1) is 17.5 Å². The van der Waals surface area contributed by atoms with Crippen molar-refractivity contribution in [1.82, 2.24) is 10.2 Å². The number of hydrogen-bond donors (Lipinski definition) is 3. The molecule has 1 saturated heterocycles. The minimum absolute atomic E-state index is 0.0829. The molecule has 0 bridgehead atoms. The van der Waals surface area contributed by atoms with Crippen molar-refractivity contribution in [2.24, 2.45) is 0 Å². The molecule has 1 aromatic heterocycles. The van der Waals surface area contributed by atoms with Crippen LogP contribution in [0, 0.1) is 0 Å². The highest BCUT2D eigenvalue weighted by atomic mass is 32.2. The summed E-state index contributed by atoms with van der Waals surface area (Å²) >= 11 is 2.69. The summed E-state index contributed by atoms with van der Waals surface area (Å²) in [5, 5.41) is 24.3. The van der Waals surface area contributed by atoms with Gasteiger partial charge in [-0.1, -0.05) is 23.1 Å². The lowest BCUT2D eigenvalue weighted by atomic mass is 10.1. The van der Waals surface area contributed by atoms with E-state index < -0.39 is 0 Å². The van der Waals surface area contributed by atoms with Gasteiger partial charge in [-0.25, -0.2) is 0 Å². The molecule has 2 aromatic rings. The topological polar surface area (TPSA) is 113 Å². The molecule has 0 saturated carbocycles. The first-order valence-electron chi connectivity index (χ1n) is 8.47. The summed E-state index contributed by atoms with van der Waals surface area (Å²) in [4.78, 5) is 23.5. The van der Waals surface area contributed by atoms with Gasteiger partial charge in [-0.05, 0) is 31.0 Å². The number of ketones is 1. The van der Waals surface area contributed by atoms with E-state index >= 15 is 0 Å². The number of phenols is 1. The number of benzene rings is 1. The summed E-state index contributed by atoms with van der Waals surface area (Å²) < 4.78 is 6.25. The van der Waals surface area contributed by atoms with E-state index in [2.05, 4.69) is 20.8 Å². The van der Waals surface area contributed by atoms with Crippen molar-refractivity contribution in [3.05, 3.63) is 23.8 Å². The monoisotopic (exact) mass is 408 g/mol. The fraction of sp³-hybridized carbons (Fsp3) is 0.412. The molecule has 144 valence electrons. The average Bonchev–Trinajstić information content (AvgIpc) is 3.31. The van der Waals surface area contributed by atoms with Crippen LogP contribution in [0.15, 0.2) is 22.5 Å². The van der Waals surface area contributed by atoms with Crippen molar-refractivity contribution in [3.8, 4) is 5.75 Å². The SMILES string of the molecule is CC(=O)Nc1cc(C(=O)CSc2nnc(NC[C@H]3CCCO3)s2)ccc1O. The highest BCUT2D eigenvalue weighted by molar-refractivity contribution is 8.01. The Morgan fingerprint density at radius 1 is 1.41 bits per heavy atom. The first-order chi connectivity index (χ1) is 13.0. The lowest BCUT2D eigenvalue weighted by Gasteiger charge is -2.08. The third-order valence-electron chi connectivity index (χ3n) is 3.87. The van der Waals surface area contributed by atoms with Gasteiger partial charge in [0.15, 0.2) is 10.1 Å². The number of carbonyl (C=O) groups is 2. The Hall–Kier alpha value is -2.17. The number of anilines is 2. The lowest BCUT2D eigenvalue weighted by Crippen LogP contribution is -2.18. The largest absolute Gasteiger partial charge is 0.506 e. The first kappa shape index (κ1) is 19.6. The summed E-state index contributed by atoms with van der Waals surface area (Å²) in [5.74, 6) is -0.345. The summed E-state index contributed by atoms with van der Waals surface area (Å²) in [6, 6.07) is 4.38. The number of thioether (sulfide) groups is 1. The number of amides is 1. The Labute approximate surface area is 164 Å². The van der Waals surface area contributed by atoms with Crippen molar-refractivity contribution < 1.29 is 19.4 Å². The number of aromatic nitrogens is 2. The van der Waals surface area contributed by atoms with Crippen LogP contribution in [0.2, 0.25) is 0 Å². The van der Waals surface area contributed by atoms with Gasteiger partial charge in [0, 0.05) is 25.6 Å². The highest BCUT2D eigenvalue weighted by Gasteiger charge is 2.16. The number of phenolic OH excluding ortho intramolecular Hbond substituents is 1. The van der Waals surface area contributed by atoms with Gasteiger partial charge in [0.1, 0.15) is 5.75 Å². The van der Waals surface area contributed by atoms with E-state index in [1.807, 2.05) is 0 Å². The fourth-order valence-corrected chi connectivity index (χ4v) is 4.21. The molecule has 0 unspecified atom stereocenters. The van der Waals surface area contributed by atoms with Gasteiger partial charge in [0.25, 0.3) is 0 Å². The summed E-state index contributed by atoms with van der Waals surface area (Å²) in [6.45, 7) is 2.86. The molecule has 27 heavy (non-hydrogen) atoms. The summed E-state index contributed by atoms with van der Waals surface area (Å²) in [5.41, 5.74) is 0.625. The number of carbonyl (C=O) groups excluding carboxylic acids is 2. The molecule has 1 fully saturated rings. The number of Topliss-reactive ketones (excluding diaryl/α,β-unsaturated/α-hetero) is 1. The van der Waals surface area contributed by atoms with Gasteiger partial charge >= 0.3 is 0 Å². The quantitative estimate of drug-likeness (QED) is 0.347. The molecule has 1 aliphatic rings. The van der Waals surface area contributed by atoms with Gasteiger partial charge in [-0.3, -0.25) is 9.59 Å². The predicted molar refractivity (Wildman–Crippen MR) is 105 cm³/mol. The van der Waals surface area contributed by atoms with Crippen LogP contribution in [0.5, 0.6) is 5.75 Å². The van der Waals surface area contributed by atoms with E-state index in [9.17, 15) is 14.7 Å². The molecule has 0 spiro atoms. The smallest absolute Gasteiger partial charge is 0.221 e. The zero-order chi connectivity index (χ0) is 19.2. The van der Waals surface area contributed by atoms with Crippen molar-refractivity contribution in [1.29, 1.82) is 0 Å². The predicted octanol–water partition coefficient (Wildman–Crippen LogP) is 2.77. The molecule has 3 rings (SSSR count). The zero-order valence-corrected chi connectivity index (χ0v) is 16.4. The maximum absolute atomic E-state index is 12.4. The second-order valence-corrected chi connectivity index (χ2v) is 8.21.